The third kappa shape index (κ3) is 7.27. The van der Waals surface area contributed by atoms with Crippen molar-refractivity contribution in [2.75, 3.05) is 38.7 Å². The number of hydrogen-bond acceptors (Lipinski definition) is 7. The van der Waals surface area contributed by atoms with E-state index in [-0.39, 0.29) is 30.4 Å². The van der Waals surface area contributed by atoms with Crippen LogP contribution in [0, 0.1) is 12.8 Å². The number of nitrogens with one attached hydrogen (secondary N) is 1. The van der Waals surface area contributed by atoms with Crippen LogP contribution in [0.4, 0.5) is 5.69 Å². The Morgan fingerprint density at radius 2 is 1.76 bits per heavy atom. The summed E-state index contributed by atoms with van der Waals surface area (Å²) in [7, 11) is 1.71. The van der Waals surface area contributed by atoms with Crippen LogP contribution in [0.25, 0.3) is 11.0 Å². The number of amides is 1. The van der Waals surface area contributed by atoms with Crippen LogP contribution in [0.2, 0.25) is 0 Å². The molecule has 0 spiro atoms. The number of fused-ring (bicyclic) bond motifs is 1. The van der Waals surface area contributed by atoms with Crippen molar-refractivity contribution in [3.05, 3.63) is 59.4 Å². The molecule has 1 saturated heterocycles. The number of anilines is 1. The quantitative estimate of drug-likeness (QED) is 0.245. The van der Waals surface area contributed by atoms with Gasteiger partial charge in [0, 0.05) is 48.6 Å². The van der Waals surface area contributed by atoms with E-state index in [1.54, 1.807) is 18.9 Å². The lowest BCUT2D eigenvalue weighted by Crippen LogP contribution is -2.29. The normalized spacial score (nSPS) is 17.1. The molecule has 1 unspecified atom stereocenters. The van der Waals surface area contributed by atoms with Gasteiger partial charge in [0.25, 0.3) is 5.91 Å². The number of ether oxygens (including phenoxy) is 3. The van der Waals surface area contributed by atoms with Crippen molar-refractivity contribution in [1.29, 1.82) is 0 Å². The molecule has 2 heterocycles. The van der Waals surface area contributed by atoms with Crippen LogP contribution in [-0.4, -0.2) is 56.3 Å². The van der Waals surface area contributed by atoms with Crippen molar-refractivity contribution in [3.8, 4) is 5.75 Å². The molecular weight excluding hydrogens is 532 g/mol. The minimum Gasteiger partial charge on any atom is -0.490 e. The SMILES string of the molecule is CCOC(=O)CCN(C)C(=O)c1ccc(NC(c2oc3ccc(OC4CCOCC4)cc3c2C)C2CCCCC2)cc1. The zero-order chi connectivity index (χ0) is 29.5. The highest BCUT2D eigenvalue weighted by atomic mass is 16.5. The molecule has 2 aliphatic rings. The van der Waals surface area contributed by atoms with Gasteiger partial charge in [0.1, 0.15) is 23.2 Å². The van der Waals surface area contributed by atoms with Gasteiger partial charge in [-0.05, 0) is 75.1 Å². The van der Waals surface area contributed by atoms with E-state index in [9.17, 15) is 9.59 Å². The van der Waals surface area contributed by atoms with Gasteiger partial charge < -0.3 is 28.8 Å². The Labute approximate surface area is 248 Å². The Balaban J connectivity index is 1.33. The van der Waals surface area contributed by atoms with Crippen molar-refractivity contribution in [2.45, 2.75) is 77.4 Å². The topological polar surface area (TPSA) is 90.2 Å². The molecule has 5 rings (SSSR count). The molecule has 0 radical (unpaired) electrons. The molecule has 1 aromatic heterocycles. The van der Waals surface area contributed by atoms with Crippen LogP contribution in [0.5, 0.6) is 5.75 Å². The zero-order valence-electron chi connectivity index (χ0n) is 25.2. The number of aryl methyl sites for hydroxylation is 1. The number of rotatable bonds is 11. The van der Waals surface area contributed by atoms with Gasteiger partial charge in [0.15, 0.2) is 0 Å². The highest BCUT2D eigenvalue weighted by Crippen LogP contribution is 2.41. The van der Waals surface area contributed by atoms with Gasteiger partial charge >= 0.3 is 5.97 Å². The number of carbonyl (C=O) groups excluding carboxylic acids is 2. The maximum absolute atomic E-state index is 12.9. The molecule has 1 amide bonds. The van der Waals surface area contributed by atoms with E-state index in [1.807, 2.05) is 36.4 Å². The number of furan rings is 1. The fourth-order valence-corrected chi connectivity index (χ4v) is 6.14. The Bertz CT molecular complexity index is 1340. The summed E-state index contributed by atoms with van der Waals surface area (Å²) in [5.74, 6) is 1.88. The first kappa shape index (κ1) is 30.0. The molecular formula is C34H44N2O6. The third-order valence-electron chi connectivity index (χ3n) is 8.58. The lowest BCUT2D eigenvalue weighted by molar-refractivity contribution is -0.143. The standard InChI is InChI=1S/C34H44N2O6/c1-4-40-31(37)16-19-36(3)34(38)25-10-12-26(13-11-25)35-32(24-8-6-5-7-9-24)33-23(2)29-22-28(14-15-30(29)42-33)41-27-17-20-39-21-18-27/h10-15,22,24,27,32,35H,4-9,16-21H2,1-3H3. The first-order valence-corrected chi connectivity index (χ1v) is 15.5. The number of esters is 1. The lowest BCUT2D eigenvalue weighted by atomic mass is 9.82. The number of nitrogens with zero attached hydrogens (tertiary/aromatic N) is 1. The minimum atomic E-state index is -0.297. The Morgan fingerprint density at radius 3 is 2.48 bits per heavy atom. The van der Waals surface area contributed by atoms with Crippen molar-refractivity contribution in [2.24, 2.45) is 5.92 Å². The predicted octanol–water partition coefficient (Wildman–Crippen LogP) is 7.06. The van der Waals surface area contributed by atoms with Crippen molar-refractivity contribution < 1.29 is 28.2 Å². The molecule has 42 heavy (non-hydrogen) atoms. The first-order valence-electron chi connectivity index (χ1n) is 15.5. The number of carbonyl (C=O) groups is 2. The van der Waals surface area contributed by atoms with Gasteiger partial charge in [-0.3, -0.25) is 9.59 Å². The van der Waals surface area contributed by atoms with Gasteiger partial charge in [0.2, 0.25) is 0 Å². The summed E-state index contributed by atoms with van der Waals surface area (Å²) in [6, 6.07) is 13.8. The molecule has 1 N–H and O–H groups in total. The summed E-state index contributed by atoms with van der Waals surface area (Å²) in [4.78, 5) is 26.2. The van der Waals surface area contributed by atoms with Crippen molar-refractivity contribution >= 4 is 28.5 Å². The number of hydrogen-bond donors (Lipinski definition) is 1. The predicted molar refractivity (Wildman–Crippen MR) is 163 cm³/mol. The summed E-state index contributed by atoms with van der Waals surface area (Å²) in [6.07, 6.45) is 8.20. The summed E-state index contributed by atoms with van der Waals surface area (Å²) in [6.45, 7) is 6.07. The monoisotopic (exact) mass is 576 g/mol. The third-order valence-corrected chi connectivity index (χ3v) is 8.58. The molecule has 2 aromatic carbocycles. The van der Waals surface area contributed by atoms with Crippen molar-refractivity contribution in [1.82, 2.24) is 4.90 Å². The van der Waals surface area contributed by atoms with Crippen LogP contribution >= 0.6 is 0 Å². The summed E-state index contributed by atoms with van der Waals surface area (Å²) in [5, 5.41) is 4.86. The van der Waals surface area contributed by atoms with E-state index >= 15 is 0 Å². The summed E-state index contributed by atoms with van der Waals surface area (Å²) < 4.78 is 23.3. The Hall–Kier alpha value is -3.52. The molecule has 0 bridgehead atoms. The van der Waals surface area contributed by atoms with Crippen LogP contribution in [0.15, 0.2) is 46.9 Å². The molecule has 1 aliphatic carbocycles. The van der Waals surface area contributed by atoms with E-state index in [4.69, 9.17) is 18.6 Å². The second kappa shape index (κ2) is 14.1. The van der Waals surface area contributed by atoms with Crippen LogP contribution in [-0.2, 0) is 14.3 Å². The van der Waals surface area contributed by atoms with Gasteiger partial charge in [0.05, 0.1) is 32.3 Å². The van der Waals surface area contributed by atoms with Crippen molar-refractivity contribution in [3.63, 3.8) is 0 Å². The van der Waals surface area contributed by atoms with Gasteiger partial charge in [-0.25, -0.2) is 0 Å². The van der Waals surface area contributed by atoms with E-state index in [0.29, 0.717) is 24.6 Å². The average molecular weight is 577 g/mol. The van der Waals surface area contributed by atoms with E-state index < -0.39 is 0 Å². The van der Waals surface area contributed by atoms with Crippen LogP contribution in [0.1, 0.15) is 86.0 Å². The van der Waals surface area contributed by atoms with Crippen LogP contribution < -0.4 is 10.1 Å². The van der Waals surface area contributed by atoms with Crippen LogP contribution in [0.3, 0.4) is 0 Å². The molecule has 1 saturated carbocycles. The van der Waals surface area contributed by atoms with E-state index in [0.717, 1.165) is 72.6 Å². The fourth-order valence-electron chi connectivity index (χ4n) is 6.14. The largest absolute Gasteiger partial charge is 0.490 e. The Morgan fingerprint density at radius 1 is 1.02 bits per heavy atom. The van der Waals surface area contributed by atoms with Gasteiger partial charge in [-0.15, -0.1) is 0 Å². The maximum atomic E-state index is 12.9. The van der Waals surface area contributed by atoms with E-state index in [1.165, 1.54) is 19.3 Å². The molecule has 226 valence electrons. The van der Waals surface area contributed by atoms with Gasteiger partial charge in [-0.2, -0.15) is 0 Å². The average Bonchev–Trinajstić information content (AvgIpc) is 3.34. The highest BCUT2D eigenvalue weighted by molar-refractivity contribution is 5.94. The molecule has 8 nitrogen and oxygen atoms in total. The zero-order valence-corrected chi connectivity index (χ0v) is 25.2. The first-order chi connectivity index (χ1) is 20.4. The maximum Gasteiger partial charge on any atom is 0.307 e. The van der Waals surface area contributed by atoms with E-state index in [2.05, 4.69) is 18.3 Å². The Kier molecular flexibility index (Phi) is 10.1. The molecule has 8 heteroatoms. The molecule has 1 aliphatic heterocycles. The summed E-state index contributed by atoms with van der Waals surface area (Å²) >= 11 is 0. The lowest BCUT2D eigenvalue weighted by Gasteiger charge is -2.31. The fraction of sp³-hybridized carbons (Fsp3) is 0.529. The smallest absolute Gasteiger partial charge is 0.307 e. The highest BCUT2D eigenvalue weighted by Gasteiger charge is 2.30. The molecule has 1 atom stereocenters. The summed E-state index contributed by atoms with van der Waals surface area (Å²) in [5.41, 5.74) is 3.54. The minimum absolute atomic E-state index is 0.0198. The van der Waals surface area contributed by atoms with Gasteiger partial charge in [-0.1, -0.05) is 19.3 Å². The molecule has 3 aromatic rings. The number of benzene rings is 2. The molecule has 2 fully saturated rings. The second-order valence-electron chi connectivity index (χ2n) is 11.6. The second-order valence-corrected chi connectivity index (χ2v) is 11.6.